The molecule has 1 fully saturated rings. The number of nitrogens with zero attached hydrogens (tertiary/aromatic N) is 1. The van der Waals surface area contributed by atoms with Crippen LogP contribution < -0.4 is 10.6 Å². The van der Waals surface area contributed by atoms with Crippen molar-refractivity contribution in [3.8, 4) is 0 Å². The molecule has 5 nitrogen and oxygen atoms in total. The molecule has 1 heterocycles. The lowest BCUT2D eigenvalue weighted by Crippen LogP contribution is -2.46. The second kappa shape index (κ2) is 8.38. The van der Waals surface area contributed by atoms with E-state index < -0.39 is 0 Å². The fraction of sp³-hybridized carbons (Fsp3) is 0.929. The summed E-state index contributed by atoms with van der Waals surface area (Å²) in [6, 6.07) is 0.360. The third kappa shape index (κ3) is 6.25. The summed E-state index contributed by atoms with van der Waals surface area (Å²) in [5, 5.41) is 14.6. The van der Waals surface area contributed by atoms with Crippen molar-refractivity contribution in [1.29, 1.82) is 0 Å². The Bertz CT molecular complexity index is 271. The summed E-state index contributed by atoms with van der Waals surface area (Å²) in [5.41, 5.74) is 0. The lowest BCUT2D eigenvalue weighted by molar-refractivity contribution is 0.210. The average molecular weight is 271 g/mol. The summed E-state index contributed by atoms with van der Waals surface area (Å²) < 4.78 is 0. The van der Waals surface area contributed by atoms with Crippen LogP contribution in [-0.2, 0) is 0 Å². The molecule has 0 bridgehead atoms. The van der Waals surface area contributed by atoms with E-state index in [1.165, 1.54) is 12.8 Å². The van der Waals surface area contributed by atoms with Gasteiger partial charge in [0, 0.05) is 31.8 Å². The Morgan fingerprint density at radius 3 is 2.79 bits per heavy atom. The van der Waals surface area contributed by atoms with Gasteiger partial charge in [-0.25, -0.2) is 4.79 Å². The Balaban J connectivity index is 2.25. The smallest absolute Gasteiger partial charge is 0.315 e. The van der Waals surface area contributed by atoms with E-state index in [9.17, 15) is 4.79 Å². The molecule has 1 aliphatic heterocycles. The molecule has 0 saturated carbocycles. The van der Waals surface area contributed by atoms with Gasteiger partial charge in [-0.1, -0.05) is 13.8 Å². The zero-order chi connectivity index (χ0) is 14.3. The van der Waals surface area contributed by atoms with Crippen LogP contribution in [0.25, 0.3) is 0 Å². The number of carbonyl (C=O) groups excluding carboxylic acids is 1. The van der Waals surface area contributed by atoms with Gasteiger partial charge in [0.1, 0.15) is 0 Å². The summed E-state index contributed by atoms with van der Waals surface area (Å²) in [5.74, 6) is 0.666. The molecule has 0 spiro atoms. The van der Waals surface area contributed by atoms with Gasteiger partial charge in [0.25, 0.3) is 0 Å². The SMILES string of the molecule is CC(C)CN1CCC[C@@H]1CNC(=O)N[C@H](C)CCO. The van der Waals surface area contributed by atoms with Crippen molar-refractivity contribution in [2.45, 2.75) is 52.1 Å². The van der Waals surface area contributed by atoms with Crippen LogP contribution in [0.2, 0.25) is 0 Å². The van der Waals surface area contributed by atoms with E-state index in [2.05, 4.69) is 29.4 Å². The molecular formula is C14H29N3O2. The third-order valence-electron chi connectivity index (χ3n) is 3.54. The maximum absolute atomic E-state index is 11.7. The number of hydrogen-bond acceptors (Lipinski definition) is 3. The topological polar surface area (TPSA) is 64.6 Å². The van der Waals surface area contributed by atoms with E-state index in [0.29, 0.717) is 24.9 Å². The van der Waals surface area contributed by atoms with Crippen LogP contribution in [0.15, 0.2) is 0 Å². The molecule has 5 heteroatoms. The predicted molar refractivity (Wildman–Crippen MR) is 77.1 cm³/mol. The number of rotatable bonds is 7. The highest BCUT2D eigenvalue weighted by molar-refractivity contribution is 5.74. The van der Waals surface area contributed by atoms with Gasteiger partial charge in [-0.05, 0) is 38.6 Å². The monoisotopic (exact) mass is 271 g/mol. The Hall–Kier alpha value is -0.810. The second-order valence-electron chi connectivity index (χ2n) is 5.95. The lowest BCUT2D eigenvalue weighted by Gasteiger charge is -2.26. The summed E-state index contributed by atoms with van der Waals surface area (Å²) in [6.45, 7) is 9.42. The predicted octanol–water partition coefficient (Wildman–Crippen LogP) is 1.18. The number of carbonyl (C=O) groups is 1. The standard InChI is InChI=1S/C14H29N3O2/c1-11(2)10-17-7-4-5-13(17)9-15-14(19)16-12(3)6-8-18/h11-13,18H,4-10H2,1-3H3,(H2,15,16,19)/t12-,13-/m1/s1. The number of nitrogens with one attached hydrogen (secondary N) is 2. The van der Waals surface area contributed by atoms with Gasteiger partial charge in [-0.3, -0.25) is 4.90 Å². The minimum atomic E-state index is -0.127. The molecule has 112 valence electrons. The highest BCUT2D eigenvalue weighted by Gasteiger charge is 2.25. The molecule has 0 aromatic rings. The molecule has 1 rings (SSSR count). The van der Waals surface area contributed by atoms with Gasteiger partial charge < -0.3 is 15.7 Å². The van der Waals surface area contributed by atoms with Gasteiger partial charge >= 0.3 is 6.03 Å². The fourth-order valence-electron chi connectivity index (χ4n) is 2.59. The zero-order valence-corrected chi connectivity index (χ0v) is 12.5. The van der Waals surface area contributed by atoms with E-state index in [0.717, 1.165) is 13.1 Å². The lowest BCUT2D eigenvalue weighted by atomic mass is 10.1. The quantitative estimate of drug-likeness (QED) is 0.651. The van der Waals surface area contributed by atoms with Gasteiger partial charge in [-0.2, -0.15) is 0 Å². The molecule has 0 aliphatic carbocycles. The number of hydrogen-bond donors (Lipinski definition) is 3. The molecule has 0 aromatic heterocycles. The molecule has 2 atom stereocenters. The highest BCUT2D eigenvalue weighted by atomic mass is 16.3. The molecular weight excluding hydrogens is 242 g/mol. The molecule has 0 aromatic carbocycles. The number of likely N-dealkylation sites (tertiary alicyclic amines) is 1. The van der Waals surface area contributed by atoms with Gasteiger partial charge in [-0.15, -0.1) is 0 Å². The first-order valence-electron chi connectivity index (χ1n) is 7.42. The average Bonchev–Trinajstić information content (AvgIpc) is 2.73. The largest absolute Gasteiger partial charge is 0.396 e. The van der Waals surface area contributed by atoms with Crippen molar-refractivity contribution in [3.63, 3.8) is 0 Å². The third-order valence-corrected chi connectivity index (χ3v) is 3.54. The molecule has 0 unspecified atom stereocenters. The fourth-order valence-corrected chi connectivity index (χ4v) is 2.59. The van der Waals surface area contributed by atoms with Crippen LogP contribution in [-0.4, -0.2) is 54.4 Å². The van der Waals surface area contributed by atoms with E-state index in [1.807, 2.05) is 6.92 Å². The van der Waals surface area contributed by atoms with Crippen LogP contribution in [0.4, 0.5) is 4.79 Å². The molecule has 19 heavy (non-hydrogen) atoms. The van der Waals surface area contributed by atoms with Crippen molar-refractivity contribution < 1.29 is 9.90 Å². The van der Waals surface area contributed by atoms with Crippen LogP contribution >= 0.6 is 0 Å². The summed E-state index contributed by atoms with van der Waals surface area (Å²) in [6.07, 6.45) is 2.98. The second-order valence-corrected chi connectivity index (χ2v) is 5.95. The van der Waals surface area contributed by atoms with Crippen molar-refractivity contribution >= 4 is 6.03 Å². The zero-order valence-electron chi connectivity index (χ0n) is 12.5. The van der Waals surface area contributed by atoms with Gasteiger partial charge in [0.15, 0.2) is 0 Å². The summed E-state index contributed by atoms with van der Waals surface area (Å²) in [7, 11) is 0. The maximum Gasteiger partial charge on any atom is 0.315 e. The highest BCUT2D eigenvalue weighted by Crippen LogP contribution is 2.17. The maximum atomic E-state index is 11.7. The van der Waals surface area contributed by atoms with Crippen molar-refractivity contribution in [2.75, 3.05) is 26.2 Å². The molecule has 3 N–H and O–H groups in total. The molecule has 0 radical (unpaired) electrons. The Labute approximate surface area is 116 Å². The number of aliphatic hydroxyl groups excluding tert-OH is 1. The normalized spacial score (nSPS) is 21.6. The Kier molecular flexibility index (Phi) is 7.16. The Morgan fingerprint density at radius 1 is 1.42 bits per heavy atom. The van der Waals surface area contributed by atoms with Crippen LogP contribution in [0.3, 0.4) is 0 Å². The number of aliphatic hydroxyl groups is 1. The van der Waals surface area contributed by atoms with Crippen LogP contribution in [0, 0.1) is 5.92 Å². The van der Waals surface area contributed by atoms with E-state index in [1.54, 1.807) is 0 Å². The molecule has 2 amide bonds. The van der Waals surface area contributed by atoms with Crippen molar-refractivity contribution in [3.05, 3.63) is 0 Å². The minimum Gasteiger partial charge on any atom is -0.396 e. The first-order valence-corrected chi connectivity index (χ1v) is 7.42. The van der Waals surface area contributed by atoms with Gasteiger partial charge in [0.2, 0.25) is 0 Å². The minimum absolute atomic E-state index is 0.0142. The van der Waals surface area contributed by atoms with Crippen LogP contribution in [0.1, 0.15) is 40.0 Å². The number of urea groups is 1. The van der Waals surface area contributed by atoms with E-state index in [-0.39, 0.29) is 18.7 Å². The van der Waals surface area contributed by atoms with Crippen molar-refractivity contribution in [2.24, 2.45) is 5.92 Å². The van der Waals surface area contributed by atoms with Crippen molar-refractivity contribution in [1.82, 2.24) is 15.5 Å². The molecule has 1 aliphatic rings. The van der Waals surface area contributed by atoms with Crippen LogP contribution in [0.5, 0.6) is 0 Å². The summed E-state index contributed by atoms with van der Waals surface area (Å²) in [4.78, 5) is 14.2. The Morgan fingerprint density at radius 2 is 2.16 bits per heavy atom. The number of amides is 2. The molecule has 1 saturated heterocycles. The van der Waals surface area contributed by atoms with E-state index >= 15 is 0 Å². The first-order chi connectivity index (χ1) is 9.02. The first kappa shape index (κ1) is 16.2. The summed E-state index contributed by atoms with van der Waals surface area (Å²) >= 11 is 0. The van der Waals surface area contributed by atoms with Gasteiger partial charge in [0.05, 0.1) is 0 Å². The van der Waals surface area contributed by atoms with E-state index in [4.69, 9.17) is 5.11 Å².